The van der Waals surface area contributed by atoms with Crippen molar-refractivity contribution in [3.63, 3.8) is 0 Å². The van der Waals surface area contributed by atoms with Crippen LogP contribution in [-0.4, -0.2) is 28.5 Å². The lowest BCUT2D eigenvalue weighted by Gasteiger charge is -2.27. The fraction of sp³-hybridized carbons (Fsp3) is 0.800. The molecule has 0 saturated heterocycles. The minimum absolute atomic E-state index is 0.0793. The Morgan fingerprint density at radius 3 is 2.47 bits per heavy atom. The Bertz CT molecular complexity index is 410. The van der Waals surface area contributed by atoms with Gasteiger partial charge in [0.25, 0.3) is 0 Å². The van der Waals surface area contributed by atoms with Crippen LogP contribution in [0.5, 0.6) is 0 Å². The molecule has 0 aliphatic carbocycles. The van der Waals surface area contributed by atoms with Crippen molar-refractivity contribution in [2.75, 3.05) is 7.11 Å². The fourth-order valence-electron chi connectivity index (χ4n) is 2.47. The molecule has 4 nitrogen and oxygen atoms in total. The second-order valence-corrected chi connectivity index (χ2v) is 5.92. The highest BCUT2D eigenvalue weighted by molar-refractivity contribution is 5.24. The zero-order valence-corrected chi connectivity index (χ0v) is 13.5. The predicted molar refractivity (Wildman–Crippen MR) is 79.4 cm³/mol. The molecule has 0 aliphatic heterocycles. The summed E-state index contributed by atoms with van der Waals surface area (Å²) in [4.78, 5) is 0. The molecule has 0 saturated carbocycles. The fourth-order valence-corrected chi connectivity index (χ4v) is 2.47. The molecule has 19 heavy (non-hydrogen) atoms. The van der Waals surface area contributed by atoms with Crippen LogP contribution in [0.3, 0.4) is 0 Å². The molecule has 1 N–H and O–H groups in total. The van der Waals surface area contributed by atoms with Crippen molar-refractivity contribution in [1.29, 1.82) is 0 Å². The van der Waals surface area contributed by atoms with E-state index in [2.05, 4.69) is 56.6 Å². The summed E-state index contributed by atoms with van der Waals surface area (Å²) in [7, 11) is 1.77. The number of rotatable bonds is 7. The van der Waals surface area contributed by atoms with E-state index in [0.717, 1.165) is 25.2 Å². The number of hydrogen-bond donors (Lipinski definition) is 1. The van der Waals surface area contributed by atoms with E-state index in [-0.39, 0.29) is 5.60 Å². The van der Waals surface area contributed by atoms with Gasteiger partial charge >= 0.3 is 0 Å². The van der Waals surface area contributed by atoms with Crippen LogP contribution in [0.25, 0.3) is 0 Å². The molecule has 4 heteroatoms. The van der Waals surface area contributed by atoms with Gasteiger partial charge in [0, 0.05) is 37.5 Å². The van der Waals surface area contributed by atoms with Crippen LogP contribution in [0.4, 0.5) is 0 Å². The summed E-state index contributed by atoms with van der Waals surface area (Å²) in [6.45, 7) is 14.6. The lowest BCUT2D eigenvalue weighted by molar-refractivity contribution is 0.00844. The number of aromatic nitrogens is 2. The Hall–Kier alpha value is -0.870. The maximum absolute atomic E-state index is 5.47. The number of ether oxygens (including phenoxy) is 1. The third-order valence-corrected chi connectivity index (χ3v) is 3.81. The van der Waals surface area contributed by atoms with E-state index in [0.29, 0.717) is 6.04 Å². The van der Waals surface area contributed by atoms with E-state index in [4.69, 9.17) is 4.74 Å². The molecular formula is C15H29N3O. The van der Waals surface area contributed by atoms with Crippen molar-refractivity contribution in [3.8, 4) is 0 Å². The number of methoxy groups -OCH3 is 1. The van der Waals surface area contributed by atoms with E-state index >= 15 is 0 Å². The third kappa shape index (κ3) is 4.32. The van der Waals surface area contributed by atoms with Crippen LogP contribution < -0.4 is 5.32 Å². The van der Waals surface area contributed by atoms with Gasteiger partial charge in [0.15, 0.2) is 0 Å². The van der Waals surface area contributed by atoms with Crippen LogP contribution in [-0.2, 0) is 17.8 Å². The molecule has 1 aromatic rings. The lowest BCUT2D eigenvalue weighted by Crippen LogP contribution is -2.35. The number of nitrogens with one attached hydrogen (secondary N) is 1. The first-order valence-electron chi connectivity index (χ1n) is 7.12. The second-order valence-electron chi connectivity index (χ2n) is 5.92. The van der Waals surface area contributed by atoms with Crippen LogP contribution in [0.2, 0.25) is 0 Å². The second kappa shape index (κ2) is 6.53. The maximum atomic E-state index is 5.47. The molecular weight excluding hydrogens is 238 g/mol. The maximum Gasteiger partial charge on any atom is 0.0641 e. The summed E-state index contributed by atoms with van der Waals surface area (Å²) >= 11 is 0. The number of hydrogen-bond acceptors (Lipinski definition) is 3. The molecule has 0 aliphatic rings. The highest BCUT2D eigenvalue weighted by atomic mass is 16.5. The monoisotopic (exact) mass is 267 g/mol. The molecule has 110 valence electrons. The topological polar surface area (TPSA) is 39.1 Å². The van der Waals surface area contributed by atoms with Crippen molar-refractivity contribution < 1.29 is 4.74 Å². The predicted octanol–water partition coefficient (Wildman–Crippen LogP) is 2.81. The molecule has 0 amide bonds. The van der Waals surface area contributed by atoms with Gasteiger partial charge in [-0.05, 0) is 48.0 Å². The summed E-state index contributed by atoms with van der Waals surface area (Å²) in [5, 5.41) is 8.12. The highest BCUT2D eigenvalue weighted by Crippen LogP contribution is 2.17. The zero-order chi connectivity index (χ0) is 14.6. The van der Waals surface area contributed by atoms with Gasteiger partial charge in [-0.15, -0.1) is 0 Å². The van der Waals surface area contributed by atoms with Crippen molar-refractivity contribution in [1.82, 2.24) is 15.1 Å². The normalized spacial score (nSPS) is 13.8. The molecule has 1 unspecified atom stereocenters. The zero-order valence-electron chi connectivity index (χ0n) is 13.5. The van der Waals surface area contributed by atoms with Crippen LogP contribution in [0.15, 0.2) is 0 Å². The van der Waals surface area contributed by atoms with E-state index < -0.39 is 0 Å². The molecule has 1 atom stereocenters. The van der Waals surface area contributed by atoms with E-state index in [9.17, 15) is 0 Å². The largest absolute Gasteiger partial charge is 0.379 e. The number of aryl methyl sites for hydroxylation is 2. The van der Waals surface area contributed by atoms with Gasteiger partial charge < -0.3 is 10.1 Å². The summed E-state index contributed by atoms with van der Waals surface area (Å²) in [5.41, 5.74) is 3.64. The first-order chi connectivity index (χ1) is 8.80. The minimum Gasteiger partial charge on any atom is -0.379 e. The van der Waals surface area contributed by atoms with Gasteiger partial charge in [-0.2, -0.15) is 5.10 Å². The average Bonchev–Trinajstić information content (AvgIpc) is 2.61. The molecule has 0 bridgehead atoms. The van der Waals surface area contributed by atoms with E-state index in [1.807, 2.05) is 0 Å². The molecule has 1 aromatic heterocycles. The molecule has 0 fully saturated rings. The smallest absolute Gasteiger partial charge is 0.0641 e. The Morgan fingerprint density at radius 1 is 1.37 bits per heavy atom. The standard InChI is InChI=1S/C15H29N3O/c1-8-18-13(4)14(12(3)17-18)10-16-11(2)9-15(5,6)19-7/h11,16H,8-10H2,1-7H3. The van der Waals surface area contributed by atoms with E-state index in [1.165, 1.54) is 11.3 Å². The Kier molecular flexibility index (Phi) is 5.56. The Labute approximate surface area is 117 Å². The van der Waals surface area contributed by atoms with Gasteiger partial charge in [-0.1, -0.05) is 0 Å². The Morgan fingerprint density at radius 2 is 2.00 bits per heavy atom. The third-order valence-electron chi connectivity index (χ3n) is 3.81. The van der Waals surface area contributed by atoms with Crippen LogP contribution in [0, 0.1) is 13.8 Å². The van der Waals surface area contributed by atoms with Crippen molar-refractivity contribution in [2.45, 2.75) is 72.7 Å². The summed E-state index contributed by atoms with van der Waals surface area (Å²) in [6, 6.07) is 0.415. The minimum atomic E-state index is -0.0793. The average molecular weight is 267 g/mol. The first-order valence-corrected chi connectivity index (χ1v) is 7.12. The molecule has 0 spiro atoms. The van der Waals surface area contributed by atoms with Crippen LogP contribution in [0.1, 0.15) is 51.1 Å². The van der Waals surface area contributed by atoms with Crippen molar-refractivity contribution in [3.05, 3.63) is 17.0 Å². The van der Waals surface area contributed by atoms with Gasteiger partial charge in [0.1, 0.15) is 0 Å². The van der Waals surface area contributed by atoms with Gasteiger partial charge in [-0.25, -0.2) is 0 Å². The van der Waals surface area contributed by atoms with Gasteiger partial charge in [-0.3, -0.25) is 4.68 Å². The van der Waals surface area contributed by atoms with Crippen LogP contribution >= 0.6 is 0 Å². The van der Waals surface area contributed by atoms with Crippen molar-refractivity contribution in [2.24, 2.45) is 0 Å². The first kappa shape index (κ1) is 16.2. The van der Waals surface area contributed by atoms with E-state index in [1.54, 1.807) is 7.11 Å². The number of nitrogens with zero attached hydrogens (tertiary/aromatic N) is 2. The molecule has 1 rings (SSSR count). The summed E-state index contributed by atoms with van der Waals surface area (Å²) in [6.07, 6.45) is 0.990. The summed E-state index contributed by atoms with van der Waals surface area (Å²) in [5.74, 6) is 0. The van der Waals surface area contributed by atoms with Gasteiger partial charge in [0.05, 0.1) is 11.3 Å². The quantitative estimate of drug-likeness (QED) is 0.825. The SMILES string of the molecule is CCn1nc(C)c(CNC(C)CC(C)(C)OC)c1C. The molecule has 1 heterocycles. The van der Waals surface area contributed by atoms with Gasteiger partial charge in [0.2, 0.25) is 0 Å². The lowest BCUT2D eigenvalue weighted by atomic mass is 9.99. The Balaban J connectivity index is 2.60. The molecule has 0 aromatic carbocycles. The summed E-state index contributed by atoms with van der Waals surface area (Å²) < 4.78 is 7.54. The highest BCUT2D eigenvalue weighted by Gasteiger charge is 2.20. The van der Waals surface area contributed by atoms with Crippen molar-refractivity contribution >= 4 is 0 Å². The molecule has 0 radical (unpaired) electrons.